The van der Waals surface area contributed by atoms with E-state index in [2.05, 4.69) is 10.6 Å². The van der Waals surface area contributed by atoms with Gasteiger partial charge in [-0.1, -0.05) is 6.07 Å². The standard InChI is InChI=1S/C20H19F3N4O2/c1-9(19-14(22)4-10(6-24)7-25-19)26-16(28)8-27-15-5-12(20(27)29)11-2-3-13(21)18(23)17(11)15/h2-3,5,9-10,12,14,19,25H,4,7-8H2,1H3,(H,26,28)/t9-,10?,12+,14?,19?/m1/s1. The van der Waals surface area contributed by atoms with Gasteiger partial charge in [0.1, 0.15) is 12.7 Å². The zero-order chi connectivity index (χ0) is 20.9. The molecule has 0 saturated carbocycles. The van der Waals surface area contributed by atoms with E-state index < -0.39 is 47.6 Å². The lowest BCUT2D eigenvalue weighted by atomic mass is 9.90. The number of nitrogens with zero attached hydrogens (tertiary/aromatic N) is 2. The maximum atomic E-state index is 14.3. The first-order chi connectivity index (χ1) is 13.8. The van der Waals surface area contributed by atoms with Crippen LogP contribution in [0.15, 0.2) is 18.2 Å². The lowest BCUT2D eigenvalue weighted by Gasteiger charge is -2.35. The van der Waals surface area contributed by atoms with Crippen LogP contribution in [0.5, 0.6) is 0 Å². The molecule has 2 bridgehead atoms. The highest BCUT2D eigenvalue weighted by Gasteiger charge is 2.45. The molecule has 1 aromatic carbocycles. The Balaban J connectivity index is 1.42. The second-order valence-electron chi connectivity index (χ2n) is 7.65. The zero-order valence-electron chi connectivity index (χ0n) is 15.6. The number of carbonyl (C=O) groups excluding carboxylic acids is 2. The summed E-state index contributed by atoms with van der Waals surface area (Å²) in [6.45, 7) is 1.60. The maximum absolute atomic E-state index is 14.3. The Morgan fingerprint density at radius 3 is 2.90 bits per heavy atom. The molecule has 1 aliphatic carbocycles. The Kier molecular flexibility index (Phi) is 4.82. The minimum Gasteiger partial charge on any atom is -0.350 e. The van der Waals surface area contributed by atoms with Gasteiger partial charge in [0, 0.05) is 18.2 Å². The largest absolute Gasteiger partial charge is 0.350 e. The van der Waals surface area contributed by atoms with Gasteiger partial charge in [0.05, 0.1) is 29.6 Å². The van der Waals surface area contributed by atoms with Crippen LogP contribution in [0.4, 0.5) is 13.2 Å². The third kappa shape index (κ3) is 3.17. The highest BCUT2D eigenvalue weighted by Crippen LogP contribution is 2.46. The highest BCUT2D eigenvalue weighted by atomic mass is 19.2. The molecule has 2 aliphatic heterocycles. The topological polar surface area (TPSA) is 85.2 Å². The number of carbonyl (C=O) groups is 2. The molecule has 6 nitrogen and oxygen atoms in total. The molecule has 2 N–H and O–H groups in total. The summed E-state index contributed by atoms with van der Waals surface area (Å²) in [6.07, 6.45) is 0.323. The molecule has 2 heterocycles. The van der Waals surface area contributed by atoms with Crippen LogP contribution in [-0.2, 0) is 9.59 Å². The normalized spacial score (nSPS) is 28.6. The quantitative estimate of drug-likeness (QED) is 0.798. The van der Waals surface area contributed by atoms with Crippen molar-refractivity contribution in [3.63, 3.8) is 0 Å². The first kappa shape index (κ1) is 19.5. The van der Waals surface area contributed by atoms with Crippen molar-refractivity contribution >= 4 is 17.5 Å². The van der Waals surface area contributed by atoms with Crippen molar-refractivity contribution in [3.05, 3.63) is 41.0 Å². The number of alkyl halides is 1. The number of nitriles is 1. The van der Waals surface area contributed by atoms with Crippen LogP contribution in [0.2, 0.25) is 0 Å². The van der Waals surface area contributed by atoms with E-state index in [9.17, 15) is 22.8 Å². The third-order valence-corrected chi connectivity index (χ3v) is 5.78. The van der Waals surface area contributed by atoms with E-state index >= 15 is 0 Å². The van der Waals surface area contributed by atoms with E-state index in [-0.39, 0.29) is 30.1 Å². The number of rotatable bonds is 4. The fourth-order valence-electron chi connectivity index (χ4n) is 4.32. The van der Waals surface area contributed by atoms with Crippen molar-refractivity contribution in [1.29, 1.82) is 5.26 Å². The van der Waals surface area contributed by atoms with E-state index in [0.717, 1.165) is 11.0 Å². The van der Waals surface area contributed by atoms with Crippen molar-refractivity contribution in [2.24, 2.45) is 5.92 Å². The number of nitrogens with one attached hydrogen (secondary N) is 2. The SMILES string of the molecule is C[C@@H](NC(=O)CN1C(=O)[C@H]2C=C1c1c2ccc(F)c1F)C1NCC(C#N)CC1F. The van der Waals surface area contributed by atoms with Crippen LogP contribution < -0.4 is 10.6 Å². The fraction of sp³-hybridized carbons (Fsp3) is 0.450. The fourth-order valence-corrected chi connectivity index (χ4v) is 4.32. The lowest BCUT2D eigenvalue weighted by Crippen LogP contribution is -2.58. The van der Waals surface area contributed by atoms with Gasteiger partial charge in [-0.15, -0.1) is 0 Å². The van der Waals surface area contributed by atoms with Gasteiger partial charge >= 0.3 is 0 Å². The summed E-state index contributed by atoms with van der Waals surface area (Å²) in [5.41, 5.74) is 0.592. The molecule has 0 aromatic heterocycles. The van der Waals surface area contributed by atoms with E-state index in [1.807, 2.05) is 6.07 Å². The van der Waals surface area contributed by atoms with Gasteiger partial charge < -0.3 is 15.5 Å². The molecule has 4 rings (SSSR count). The second kappa shape index (κ2) is 7.19. The number of amides is 2. The number of hydrogen-bond donors (Lipinski definition) is 2. The van der Waals surface area contributed by atoms with E-state index in [4.69, 9.17) is 5.26 Å². The number of fused-ring (bicyclic) bond motifs is 4. The maximum Gasteiger partial charge on any atom is 0.240 e. The first-order valence-corrected chi connectivity index (χ1v) is 9.39. The molecule has 29 heavy (non-hydrogen) atoms. The number of piperidine rings is 1. The molecule has 5 atom stereocenters. The first-order valence-electron chi connectivity index (χ1n) is 9.39. The molecule has 0 spiro atoms. The minimum atomic E-state index is -1.29. The molecule has 0 radical (unpaired) electrons. The Hall–Kier alpha value is -2.86. The summed E-state index contributed by atoms with van der Waals surface area (Å²) in [7, 11) is 0. The lowest BCUT2D eigenvalue weighted by molar-refractivity contribution is -0.133. The van der Waals surface area contributed by atoms with Crippen LogP contribution in [0.1, 0.15) is 30.4 Å². The Morgan fingerprint density at radius 2 is 2.21 bits per heavy atom. The van der Waals surface area contributed by atoms with Crippen molar-refractivity contribution in [3.8, 4) is 6.07 Å². The summed E-state index contributed by atoms with van der Waals surface area (Å²) >= 11 is 0. The molecule has 152 valence electrons. The Labute approximate surface area is 165 Å². The van der Waals surface area contributed by atoms with Crippen LogP contribution >= 0.6 is 0 Å². The second-order valence-corrected chi connectivity index (χ2v) is 7.65. The van der Waals surface area contributed by atoms with Gasteiger partial charge in [0.15, 0.2) is 11.6 Å². The van der Waals surface area contributed by atoms with Gasteiger partial charge in [0.25, 0.3) is 0 Å². The van der Waals surface area contributed by atoms with Gasteiger partial charge in [-0.25, -0.2) is 13.2 Å². The third-order valence-electron chi connectivity index (χ3n) is 5.78. The van der Waals surface area contributed by atoms with Crippen molar-refractivity contribution in [2.75, 3.05) is 13.1 Å². The summed E-state index contributed by atoms with van der Waals surface area (Å²) in [4.78, 5) is 26.1. The molecule has 9 heteroatoms. The van der Waals surface area contributed by atoms with Crippen LogP contribution in [-0.4, -0.2) is 48.1 Å². The summed E-state index contributed by atoms with van der Waals surface area (Å²) in [5.74, 6) is -4.11. The number of benzene rings is 1. The van der Waals surface area contributed by atoms with Gasteiger partial charge in [-0.2, -0.15) is 5.26 Å². The molecule has 2 amide bonds. The van der Waals surface area contributed by atoms with Gasteiger partial charge in [-0.3, -0.25) is 9.59 Å². The predicted molar refractivity (Wildman–Crippen MR) is 96.8 cm³/mol. The molecule has 1 saturated heterocycles. The molecular weight excluding hydrogens is 385 g/mol. The van der Waals surface area contributed by atoms with E-state index in [1.54, 1.807) is 6.92 Å². The predicted octanol–water partition coefficient (Wildman–Crippen LogP) is 1.59. The van der Waals surface area contributed by atoms with Crippen molar-refractivity contribution in [2.45, 2.75) is 37.5 Å². The van der Waals surface area contributed by atoms with Gasteiger partial charge in [0.2, 0.25) is 11.8 Å². The highest BCUT2D eigenvalue weighted by molar-refractivity contribution is 6.06. The molecule has 3 unspecified atom stereocenters. The van der Waals surface area contributed by atoms with E-state index in [1.165, 1.54) is 12.1 Å². The van der Waals surface area contributed by atoms with Gasteiger partial charge in [-0.05, 0) is 31.1 Å². The average Bonchev–Trinajstić information content (AvgIpc) is 3.21. The van der Waals surface area contributed by atoms with Crippen molar-refractivity contribution < 1.29 is 22.8 Å². The van der Waals surface area contributed by atoms with Crippen LogP contribution in [0, 0.1) is 28.9 Å². The molecule has 1 aromatic rings. The van der Waals surface area contributed by atoms with Crippen molar-refractivity contribution in [1.82, 2.24) is 15.5 Å². The summed E-state index contributed by atoms with van der Waals surface area (Å²) in [6, 6.07) is 3.15. The molecule has 3 aliphatic rings. The zero-order valence-corrected chi connectivity index (χ0v) is 15.6. The minimum absolute atomic E-state index is 0.00997. The van der Waals surface area contributed by atoms with Crippen LogP contribution in [0.25, 0.3) is 5.70 Å². The number of hydrogen-bond acceptors (Lipinski definition) is 4. The Bertz CT molecular complexity index is 958. The Morgan fingerprint density at radius 1 is 1.45 bits per heavy atom. The van der Waals surface area contributed by atoms with Crippen LogP contribution in [0.3, 0.4) is 0 Å². The average molecular weight is 404 g/mol. The summed E-state index contributed by atoms with van der Waals surface area (Å²) in [5, 5.41) is 14.5. The molecule has 1 fully saturated rings. The molecular formula is C20H19F3N4O2. The smallest absolute Gasteiger partial charge is 0.240 e. The monoisotopic (exact) mass is 404 g/mol. The van der Waals surface area contributed by atoms with E-state index in [0.29, 0.717) is 12.1 Å². The summed E-state index contributed by atoms with van der Waals surface area (Å²) < 4.78 is 42.1. The number of halogens is 3.